The number of oxime groups is 1. The molecule has 1 aliphatic carbocycles. The molecule has 4 rings (SSSR count). The molecule has 0 radical (unpaired) electrons. The number of methoxy groups -OCH3 is 1. The van der Waals surface area contributed by atoms with Crippen LogP contribution >= 0.6 is 0 Å². The third-order valence-electron chi connectivity index (χ3n) is 6.15. The Balaban J connectivity index is 1.63. The fourth-order valence-corrected chi connectivity index (χ4v) is 5.21. The van der Waals surface area contributed by atoms with Gasteiger partial charge < -0.3 is 14.4 Å². The van der Waals surface area contributed by atoms with Gasteiger partial charge >= 0.3 is 0 Å². The predicted molar refractivity (Wildman–Crippen MR) is 112 cm³/mol. The summed E-state index contributed by atoms with van der Waals surface area (Å²) in [6.45, 7) is 8.84. The van der Waals surface area contributed by atoms with Crippen molar-refractivity contribution in [3.8, 4) is 5.75 Å². The zero-order valence-corrected chi connectivity index (χ0v) is 17.2. The van der Waals surface area contributed by atoms with E-state index in [9.17, 15) is 5.21 Å². The number of rotatable bonds is 4. The summed E-state index contributed by atoms with van der Waals surface area (Å²) in [4.78, 5) is 0. The fraction of sp³-hybridized carbons (Fsp3) is 0.375. The number of nitrogens with zero attached hydrogens (tertiary/aromatic N) is 1. The number of ether oxygens (including phenoxy) is 1. The normalized spacial score (nSPS) is 22.3. The standard InChI is InChI=1S/C24H27NO3/c1-14-9-15(2)21(16(3)10-14)24(4)12-18(13-24)22(25-26)20-11-17-7-6-8-19(27-5)23(17)28-20/h6-11,18,26H,12-13H2,1-5H3/b25-22-. The van der Waals surface area contributed by atoms with Crippen LogP contribution < -0.4 is 4.74 Å². The molecule has 1 N–H and O–H groups in total. The van der Waals surface area contributed by atoms with Crippen molar-refractivity contribution in [2.24, 2.45) is 11.1 Å². The molecule has 1 fully saturated rings. The van der Waals surface area contributed by atoms with Crippen molar-refractivity contribution < 1.29 is 14.4 Å². The highest BCUT2D eigenvalue weighted by molar-refractivity contribution is 6.03. The van der Waals surface area contributed by atoms with Gasteiger partial charge in [0.15, 0.2) is 17.1 Å². The molecule has 0 atom stereocenters. The van der Waals surface area contributed by atoms with Gasteiger partial charge in [-0.3, -0.25) is 0 Å². The minimum atomic E-state index is 0.0895. The van der Waals surface area contributed by atoms with E-state index in [0.29, 0.717) is 22.8 Å². The van der Waals surface area contributed by atoms with Gasteiger partial charge in [0.25, 0.3) is 0 Å². The molecule has 0 saturated heterocycles. The van der Waals surface area contributed by atoms with Crippen molar-refractivity contribution in [3.05, 3.63) is 64.4 Å². The van der Waals surface area contributed by atoms with Crippen molar-refractivity contribution in [2.75, 3.05) is 7.11 Å². The second kappa shape index (κ2) is 6.69. The Morgan fingerprint density at radius 1 is 1.14 bits per heavy atom. The molecule has 1 saturated carbocycles. The molecule has 3 aromatic rings. The van der Waals surface area contributed by atoms with E-state index in [1.165, 1.54) is 22.3 Å². The molecular formula is C24H27NO3. The van der Waals surface area contributed by atoms with Gasteiger partial charge in [-0.05, 0) is 67.9 Å². The SMILES string of the molecule is COc1cccc2cc(/C(=N\O)C3CC(C)(c4c(C)cc(C)cc4C)C3)oc12. The Bertz CT molecular complexity index is 1050. The van der Waals surface area contributed by atoms with Crippen LogP contribution in [0.4, 0.5) is 0 Å². The Kier molecular flexibility index (Phi) is 4.45. The molecule has 4 nitrogen and oxygen atoms in total. The first-order valence-corrected chi connectivity index (χ1v) is 9.73. The first kappa shape index (κ1) is 18.6. The van der Waals surface area contributed by atoms with Crippen LogP contribution in [0.1, 0.15) is 47.8 Å². The summed E-state index contributed by atoms with van der Waals surface area (Å²) in [5.41, 5.74) is 6.81. The van der Waals surface area contributed by atoms with Crippen molar-refractivity contribution in [3.63, 3.8) is 0 Å². The molecule has 0 aliphatic heterocycles. The fourth-order valence-electron chi connectivity index (χ4n) is 5.21. The first-order chi connectivity index (χ1) is 13.4. The van der Waals surface area contributed by atoms with E-state index in [1.54, 1.807) is 7.11 Å². The molecule has 0 bridgehead atoms. The monoisotopic (exact) mass is 377 g/mol. The maximum Gasteiger partial charge on any atom is 0.176 e. The molecule has 1 aromatic heterocycles. The van der Waals surface area contributed by atoms with Crippen LogP contribution in [-0.2, 0) is 5.41 Å². The molecule has 1 aliphatic rings. The van der Waals surface area contributed by atoms with Crippen molar-refractivity contribution in [1.82, 2.24) is 0 Å². The maximum absolute atomic E-state index is 9.75. The van der Waals surface area contributed by atoms with Crippen molar-refractivity contribution >= 4 is 16.7 Å². The smallest absolute Gasteiger partial charge is 0.176 e. The molecule has 0 unspecified atom stereocenters. The van der Waals surface area contributed by atoms with Gasteiger partial charge in [-0.15, -0.1) is 0 Å². The Morgan fingerprint density at radius 2 is 1.82 bits per heavy atom. The maximum atomic E-state index is 9.75. The largest absolute Gasteiger partial charge is 0.493 e. The van der Waals surface area contributed by atoms with E-state index in [0.717, 1.165) is 18.2 Å². The van der Waals surface area contributed by atoms with E-state index < -0.39 is 0 Å². The van der Waals surface area contributed by atoms with Crippen LogP contribution in [0.2, 0.25) is 0 Å². The van der Waals surface area contributed by atoms with Crippen LogP contribution in [0.25, 0.3) is 11.0 Å². The summed E-state index contributed by atoms with van der Waals surface area (Å²) in [7, 11) is 1.63. The summed E-state index contributed by atoms with van der Waals surface area (Å²) in [6, 6.07) is 12.2. The molecule has 0 amide bonds. The molecule has 146 valence electrons. The lowest BCUT2D eigenvalue weighted by Crippen LogP contribution is -2.43. The second-order valence-electron chi connectivity index (χ2n) is 8.41. The number of aryl methyl sites for hydroxylation is 3. The highest BCUT2D eigenvalue weighted by Gasteiger charge is 2.46. The van der Waals surface area contributed by atoms with Crippen LogP contribution in [0.15, 0.2) is 46.0 Å². The van der Waals surface area contributed by atoms with E-state index in [4.69, 9.17) is 9.15 Å². The minimum absolute atomic E-state index is 0.0895. The van der Waals surface area contributed by atoms with Gasteiger partial charge in [0.05, 0.1) is 7.11 Å². The summed E-state index contributed by atoms with van der Waals surface area (Å²) in [5.74, 6) is 1.47. The lowest BCUT2D eigenvalue weighted by atomic mass is 9.57. The Morgan fingerprint density at radius 3 is 2.43 bits per heavy atom. The zero-order valence-electron chi connectivity index (χ0n) is 17.2. The summed E-state index contributed by atoms with van der Waals surface area (Å²) < 4.78 is 11.4. The first-order valence-electron chi connectivity index (χ1n) is 9.73. The second-order valence-corrected chi connectivity index (χ2v) is 8.41. The molecule has 2 aromatic carbocycles. The van der Waals surface area contributed by atoms with Crippen LogP contribution in [0, 0.1) is 26.7 Å². The van der Waals surface area contributed by atoms with E-state index in [-0.39, 0.29) is 11.3 Å². The zero-order chi connectivity index (χ0) is 20.1. The number of fused-ring (bicyclic) bond motifs is 1. The Labute approximate surface area is 165 Å². The van der Waals surface area contributed by atoms with Crippen molar-refractivity contribution in [1.29, 1.82) is 0 Å². The van der Waals surface area contributed by atoms with Gasteiger partial charge in [0.1, 0.15) is 5.71 Å². The predicted octanol–water partition coefficient (Wildman–Crippen LogP) is 5.91. The molecule has 28 heavy (non-hydrogen) atoms. The van der Waals surface area contributed by atoms with Gasteiger partial charge in [0.2, 0.25) is 0 Å². The highest BCUT2D eigenvalue weighted by atomic mass is 16.5. The minimum Gasteiger partial charge on any atom is -0.493 e. The molecular weight excluding hydrogens is 350 g/mol. The lowest BCUT2D eigenvalue weighted by Gasteiger charge is -2.47. The van der Waals surface area contributed by atoms with Crippen LogP contribution in [0.5, 0.6) is 5.75 Å². The highest BCUT2D eigenvalue weighted by Crippen LogP contribution is 2.51. The Hall–Kier alpha value is -2.75. The molecule has 1 heterocycles. The number of para-hydroxylation sites is 1. The average Bonchev–Trinajstić information content (AvgIpc) is 3.03. The number of benzene rings is 2. The number of hydrogen-bond acceptors (Lipinski definition) is 4. The van der Waals surface area contributed by atoms with E-state index in [1.807, 2.05) is 24.3 Å². The summed E-state index contributed by atoms with van der Waals surface area (Å²) in [6.07, 6.45) is 1.87. The van der Waals surface area contributed by atoms with Gasteiger partial charge in [-0.1, -0.05) is 41.9 Å². The van der Waals surface area contributed by atoms with Gasteiger partial charge in [-0.25, -0.2) is 0 Å². The third-order valence-corrected chi connectivity index (χ3v) is 6.15. The topological polar surface area (TPSA) is 55.0 Å². The summed E-state index contributed by atoms with van der Waals surface area (Å²) >= 11 is 0. The lowest BCUT2D eigenvalue weighted by molar-refractivity contribution is 0.207. The average molecular weight is 377 g/mol. The van der Waals surface area contributed by atoms with E-state index >= 15 is 0 Å². The van der Waals surface area contributed by atoms with E-state index in [2.05, 4.69) is 45.0 Å². The third kappa shape index (κ3) is 2.88. The number of furan rings is 1. The number of hydrogen-bond donors (Lipinski definition) is 1. The van der Waals surface area contributed by atoms with Gasteiger partial charge in [0, 0.05) is 11.3 Å². The van der Waals surface area contributed by atoms with Crippen LogP contribution in [0.3, 0.4) is 0 Å². The molecule has 0 spiro atoms. The van der Waals surface area contributed by atoms with Crippen molar-refractivity contribution in [2.45, 2.75) is 46.0 Å². The summed E-state index contributed by atoms with van der Waals surface area (Å²) in [5, 5.41) is 14.3. The quantitative estimate of drug-likeness (QED) is 0.349. The molecule has 4 heteroatoms. The van der Waals surface area contributed by atoms with Gasteiger partial charge in [-0.2, -0.15) is 0 Å². The van der Waals surface area contributed by atoms with Crippen LogP contribution in [-0.4, -0.2) is 18.0 Å².